The van der Waals surface area contributed by atoms with E-state index in [1.165, 1.54) is 25.7 Å². The fraction of sp³-hybridized carbons (Fsp3) is 0.636. The summed E-state index contributed by atoms with van der Waals surface area (Å²) in [5, 5.41) is 0.557. The molecule has 152 valence electrons. The Morgan fingerprint density at radius 3 is 1.96 bits per heavy atom. The van der Waals surface area contributed by atoms with E-state index in [4.69, 9.17) is 21.1 Å². The molecule has 0 radical (unpaired) electrons. The largest absolute Gasteiger partial charge is 0.465 e. The molecular formula is C22H33ClO4. The molecule has 0 atom stereocenters. The predicted octanol–water partition coefficient (Wildman–Crippen LogP) is 6.35. The average molecular weight is 397 g/mol. The van der Waals surface area contributed by atoms with Gasteiger partial charge in [-0.15, -0.1) is 0 Å². The molecule has 0 heterocycles. The van der Waals surface area contributed by atoms with Gasteiger partial charge in [-0.2, -0.15) is 0 Å². The van der Waals surface area contributed by atoms with Crippen molar-refractivity contribution in [1.82, 2.24) is 0 Å². The molecule has 0 bridgehead atoms. The Morgan fingerprint density at radius 2 is 1.41 bits per heavy atom. The van der Waals surface area contributed by atoms with Crippen molar-refractivity contribution in [2.45, 2.75) is 78.6 Å². The van der Waals surface area contributed by atoms with Crippen LogP contribution in [-0.2, 0) is 14.3 Å². The second kappa shape index (κ2) is 12.8. The van der Waals surface area contributed by atoms with Crippen LogP contribution < -0.4 is 4.74 Å². The highest BCUT2D eigenvalue weighted by atomic mass is 35.5. The number of hydrogen-bond acceptors (Lipinski definition) is 4. The van der Waals surface area contributed by atoms with Crippen molar-refractivity contribution < 1.29 is 19.1 Å². The number of halogens is 1. The van der Waals surface area contributed by atoms with Crippen LogP contribution in [0.15, 0.2) is 24.3 Å². The lowest BCUT2D eigenvalue weighted by atomic mass is 9.82. The number of ether oxygens (including phenoxy) is 2. The van der Waals surface area contributed by atoms with Gasteiger partial charge >= 0.3 is 11.9 Å². The molecule has 5 heteroatoms. The van der Waals surface area contributed by atoms with E-state index in [2.05, 4.69) is 6.92 Å². The normalized spacial score (nSPS) is 11.3. The van der Waals surface area contributed by atoms with Gasteiger partial charge in [0.15, 0.2) is 5.41 Å². The van der Waals surface area contributed by atoms with Crippen LogP contribution in [-0.4, -0.2) is 18.5 Å². The van der Waals surface area contributed by atoms with E-state index in [1.807, 2.05) is 13.8 Å². The molecular weight excluding hydrogens is 364 g/mol. The number of benzene rings is 1. The van der Waals surface area contributed by atoms with E-state index >= 15 is 0 Å². The molecule has 0 amide bonds. The summed E-state index contributed by atoms with van der Waals surface area (Å²) >= 11 is 5.85. The van der Waals surface area contributed by atoms with Crippen LogP contribution >= 0.6 is 11.6 Å². The summed E-state index contributed by atoms with van der Waals surface area (Å²) in [6.45, 7) is 6.16. The Bertz CT molecular complexity index is 564. The molecule has 27 heavy (non-hydrogen) atoms. The Balaban J connectivity index is 2.52. The van der Waals surface area contributed by atoms with Crippen LogP contribution in [0.5, 0.6) is 5.75 Å². The molecule has 1 aromatic carbocycles. The van der Waals surface area contributed by atoms with Crippen LogP contribution in [0.2, 0.25) is 5.02 Å². The lowest BCUT2D eigenvalue weighted by Gasteiger charge is -2.26. The van der Waals surface area contributed by atoms with E-state index in [-0.39, 0.29) is 0 Å². The molecule has 0 aliphatic rings. The minimum Gasteiger partial charge on any atom is -0.465 e. The molecule has 0 saturated carbocycles. The van der Waals surface area contributed by atoms with Crippen LogP contribution in [0.4, 0.5) is 0 Å². The number of esters is 2. The Labute approximate surface area is 168 Å². The summed E-state index contributed by atoms with van der Waals surface area (Å²) in [6, 6.07) is 6.51. The average Bonchev–Trinajstić information content (AvgIpc) is 2.67. The van der Waals surface area contributed by atoms with Gasteiger partial charge < -0.3 is 9.47 Å². The van der Waals surface area contributed by atoms with Crippen molar-refractivity contribution >= 4 is 23.5 Å². The van der Waals surface area contributed by atoms with Gasteiger partial charge in [-0.05, 0) is 43.5 Å². The third-order valence-electron chi connectivity index (χ3n) is 4.99. The maximum atomic E-state index is 12.7. The Morgan fingerprint density at radius 1 is 0.852 bits per heavy atom. The van der Waals surface area contributed by atoms with Crippen LogP contribution in [0.25, 0.3) is 0 Å². The van der Waals surface area contributed by atoms with Gasteiger partial charge in [-0.1, -0.05) is 70.9 Å². The molecule has 0 unspecified atom stereocenters. The molecule has 0 saturated heterocycles. The first-order chi connectivity index (χ1) is 13.0. The summed E-state index contributed by atoms with van der Waals surface area (Å²) in [6.07, 6.45) is 8.70. The van der Waals surface area contributed by atoms with Crippen LogP contribution in [0, 0.1) is 5.41 Å². The highest BCUT2D eigenvalue weighted by molar-refractivity contribution is 6.30. The Kier molecular flexibility index (Phi) is 11.1. The smallest absolute Gasteiger partial charge is 0.328 e. The maximum Gasteiger partial charge on any atom is 0.328 e. The van der Waals surface area contributed by atoms with Gasteiger partial charge in [0.2, 0.25) is 0 Å². The molecule has 1 rings (SSSR count). The molecule has 0 aliphatic heterocycles. The number of carbonyl (C=O) groups is 2. The topological polar surface area (TPSA) is 52.6 Å². The van der Waals surface area contributed by atoms with E-state index in [0.717, 1.165) is 19.3 Å². The highest BCUT2D eigenvalue weighted by Crippen LogP contribution is 2.31. The van der Waals surface area contributed by atoms with E-state index < -0.39 is 17.4 Å². The number of unbranched alkanes of at least 4 members (excludes halogenated alkanes) is 6. The van der Waals surface area contributed by atoms with Gasteiger partial charge in [0.25, 0.3) is 0 Å². The van der Waals surface area contributed by atoms with E-state index in [1.54, 1.807) is 24.3 Å². The van der Waals surface area contributed by atoms with Gasteiger partial charge in [0, 0.05) is 5.02 Å². The molecule has 0 aromatic heterocycles. The van der Waals surface area contributed by atoms with Gasteiger partial charge in [-0.25, -0.2) is 0 Å². The monoisotopic (exact) mass is 396 g/mol. The predicted molar refractivity (Wildman–Crippen MR) is 109 cm³/mol. The minimum absolute atomic E-state index is 0.339. The summed E-state index contributed by atoms with van der Waals surface area (Å²) in [5.74, 6) is -0.688. The Hall–Kier alpha value is -1.55. The first-order valence-corrected chi connectivity index (χ1v) is 10.5. The summed E-state index contributed by atoms with van der Waals surface area (Å²) in [7, 11) is 0. The fourth-order valence-corrected chi connectivity index (χ4v) is 3.11. The molecule has 0 N–H and O–H groups in total. The molecule has 0 fully saturated rings. The second-order valence-corrected chi connectivity index (χ2v) is 7.33. The van der Waals surface area contributed by atoms with Crippen molar-refractivity contribution in [3.05, 3.63) is 29.3 Å². The van der Waals surface area contributed by atoms with Gasteiger partial charge in [-0.3, -0.25) is 9.59 Å². The summed E-state index contributed by atoms with van der Waals surface area (Å²) in [5.41, 5.74) is -1.26. The molecule has 0 spiro atoms. The van der Waals surface area contributed by atoms with Crippen LogP contribution in [0.1, 0.15) is 78.6 Å². The lowest BCUT2D eigenvalue weighted by molar-refractivity contribution is -0.168. The SMILES string of the molecule is CCCCCCCCCOC(=O)C(CC)(CC)C(=O)Oc1ccc(Cl)cc1. The number of rotatable bonds is 13. The first-order valence-electron chi connectivity index (χ1n) is 10.1. The van der Waals surface area contributed by atoms with Gasteiger partial charge in [0.1, 0.15) is 5.75 Å². The number of carbonyl (C=O) groups excluding carboxylic acids is 2. The second-order valence-electron chi connectivity index (χ2n) is 6.89. The zero-order chi connectivity index (χ0) is 20.1. The summed E-state index contributed by atoms with van der Waals surface area (Å²) < 4.78 is 10.9. The summed E-state index contributed by atoms with van der Waals surface area (Å²) in [4.78, 5) is 25.3. The standard InChI is InChI=1S/C22H33ClO4/c1-4-7-8-9-10-11-12-17-26-20(24)22(5-2,6-3)21(25)27-19-15-13-18(23)14-16-19/h13-16H,4-12,17H2,1-3H3. The third-order valence-corrected chi connectivity index (χ3v) is 5.25. The number of hydrogen-bond donors (Lipinski definition) is 0. The highest BCUT2D eigenvalue weighted by Gasteiger charge is 2.46. The van der Waals surface area contributed by atoms with Crippen LogP contribution in [0.3, 0.4) is 0 Å². The van der Waals surface area contributed by atoms with E-state index in [0.29, 0.717) is 30.2 Å². The first kappa shape index (κ1) is 23.5. The van der Waals surface area contributed by atoms with Crippen molar-refractivity contribution in [2.75, 3.05) is 6.61 Å². The fourth-order valence-electron chi connectivity index (χ4n) is 2.98. The third kappa shape index (κ3) is 7.53. The molecule has 1 aromatic rings. The zero-order valence-electron chi connectivity index (χ0n) is 16.9. The molecule has 0 aliphatic carbocycles. The maximum absolute atomic E-state index is 12.7. The van der Waals surface area contributed by atoms with E-state index in [9.17, 15) is 9.59 Å². The molecule has 4 nitrogen and oxygen atoms in total. The lowest BCUT2D eigenvalue weighted by Crippen LogP contribution is -2.42. The van der Waals surface area contributed by atoms with Crippen molar-refractivity contribution in [1.29, 1.82) is 0 Å². The zero-order valence-corrected chi connectivity index (χ0v) is 17.6. The van der Waals surface area contributed by atoms with Crippen molar-refractivity contribution in [3.8, 4) is 5.75 Å². The quantitative estimate of drug-likeness (QED) is 0.169. The van der Waals surface area contributed by atoms with Crippen molar-refractivity contribution in [2.24, 2.45) is 5.41 Å². The van der Waals surface area contributed by atoms with Gasteiger partial charge in [0.05, 0.1) is 6.61 Å². The van der Waals surface area contributed by atoms with Crippen molar-refractivity contribution in [3.63, 3.8) is 0 Å². The minimum atomic E-state index is -1.26.